The third-order valence-corrected chi connectivity index (χ3v) is 5.49. The number of ether oxygens (including phenoxy) is 1. The summed E-state index contributed by atoms with van der Waals surface area (Å²) in [5.41, 5.74) is 2.05. The largest absolute Gasteiger partial charge is 0.487 e. The molecule has 0 radical (unpaired) electrons. The molecule has 0 fully saturated rings. The van der Waals surface area contributed by atoms with E-state index in [0.29, 0.717) is 41.7 Å². The lowest BCUT2D eigenvalue weighted by atomic mass is 10.1. The van der Waals surface area contributed by atoms with Gasteiger partial charge < -0.3 is 14.3 Å². The average Bonchev–Trinajstić information content (AvgIpc) is 3.17. The first kappa shape index (κ1) is 21.3. The summed E-state index contributed by atoms with van der Waals surface area (Å²) in [5.74, 6) is 0.687. The van der Waals surface area contributed by atoms with Crippen molar-refractivity contribution in [2.24, 2.45) is 0 Å². The number of hydrogen-bond donors (Lipinski definition) is 1. The number of halogens is 2. The molecule has 1 aromatic heterocycles. The summed E-state index contributed by atoms with van der Waals surface area (Å²) in [4.78, 5) is 17.5. The van der Waals surface area contributed by atoms with Crippen LogP contribution in [0.4, 0.5) is 4.39 Å². The number of rotatable bonds is 8. The van der Waals surface area contributed by atoms with Crippen molar-refractivity contribution in [3.63, 3.8) is 0 Å². The van der Waals surface area contributed by atoms with Crippen LogP contribution >= 0.6 is 11.6 Å². The van der Waals surface area contributed by atoms with Crippen LogP contribution in [0.3, 0.4) is 0 Å². The van der Waals surface area contributed by atoms with Gasteiger partial charge in [-0.3, -0.25) is 9.69 Å². The number of aromatic nitrogens is 1. The first-order valence-corrected chi connectivity index (χ1v) is 10.5. The minimum absolute atomic E-state index is 0.0801. The lowest BCUT2D eigenvalue weighted by Crippen LogP contribution is -2.31. The van der Waals surface area contributed by atoms with Gasteiger partial charge in [0.1, 0.15) is 23.9 Å². The van der Waals surface area contributed by atoms with Crippen molar-refractivity contribution in [1.82, 2.24) is 9.88 Å². The second-order valence-electron chi connectivity index (χ2n) is 7.44. The molecular weight excluding hydrogens is 423 g/mol. The number of fused-ring (bicyclic) bond motifs is 1. The first-order chi connectivity index (χ1) is 15.0. The van der Waals surface area contributed by atoms with Crippen LogP contribution in [-0.4, -0.2) is 34.0 Å². The molecule has 6 nitrogen and oxygen atoms in total. The maximum Gasteiger partial charge on any atom is 0.303 e. The molecule has 3 aromatic rings. The van der Waals surface area contributed by atoms with E-state index < -0.39 is 5.97 Å². The summed E-state index contributed by atoms with van der Waals surface area (Å²) in [6.07, 6.45) is 1.50. The van der Waals surface area contributed by atoms with Gasteiger partial charge in [-0.2, -0.15) is 0 Å². The van der Waals surface area contributed by atoms with Crippen LogP contribution in [0.1, 0.15) is 29.9 Å². The molecule has 1 aliphatic rings. The van der Waals surface area contributed by atoms with Gasteiger partial charge in [0.15, 0.2) is 0 Å². The molecule has 0 spiro atoms. The van der Waals surface area contributed by atoms with Gasteiger partial charge in [-0.05, 0) is 37.2 Å². The van der Waals surface area contributed by atoms with Gasteiger partial charge in [0.25, 0.3) is 0 Å². The lowest BCUT2D eigenvalue weighted by Gasteiger charge is -2.24. The molecule has 2 aromatic carbocycles. The minimum Gasteiger partial charge on any atom is -0.487 e. The molecule has 0 bridgehead atoms. The summed E-state index contributed by atoms with van der Waals surface area (Å²) >= 11 is 6.37. The van der Waals surface area contributed by atoms with E-state index in [9.17, 15) is 9.18 Å². The second-order valence-corrected chi connectivity index (χ2v) is 7.84. The van der Waals surface area contributed by atoms with E-state index in [1.165, 1.54) is 6.07 Å². The second kappa shape index (κ2) is 9.49. The Hall–Kier alpha value is -2.90. The number of aliphatic carboxylic acids is 1. The summed E-state index contributed by atoms with van der Waals surface area (Å²) in [5, 5.41) is 9.18. The van der Waals surface area contributed by atoms with Gasteiger partial charge in [0, 0.05) is 37.1 Å². The highest BCUT2D eigenvalue weighted by Gasteiger charge is 2.23. The minimum atomic E-state index is -0.778. The highest BCUT2D eigenvalue weighted by molar-refractivity contribution is 6.32. The molecule has 2 heterocycles. The van der Waals surface area contributed by atoms with E-state index in [2.05, 4.69) is 9.88 Å². The predicted molar refractivity (Wildman–Crippen MR) is 114 cm³/mol. The number of nitrogens with zero attached hydrogens (tertiary/aromatic N) is 2. The summed E-state index contributed by atoms with van der Waals surface area (Å²) in [6.45, 7) is 2.24. The molecule has 31 heavy (non-hydrogen) atoms. The molecular formula is C23H22ClFN2O4. The fourth-order valence-electron chi connectivity index (χ4n) is 3.54. The van der Waals surface area contributed by atoms with E-state index >= 15 is 0 Å². The van der Waals surface area contributed by atoms with Crippen molar-refractivity contribution in [2.45, 2.75) is 32.4 Å². The van der Waals surface area contributed by atoms with Crippen LogP contribution in [0.25, 0.3) is 11.5 Å². The van der Waals surface area contributed by atoms with Crippen molar-refractivity contribution >= 4 is 17.6 Å². The summed E-state index contributed by atoms with van der Waals surface area (Å²) in [6, 6.07) is 11.7. The molecule has 1 aliphatic heterocycles. The molecule has 0 saturated carbocycles. The van der Waals surface area contributed by atoms with Gasteiger partial charge in [-0.1, -0.05) is 29.8 Å². The Morgan fingerprint density at radius 3 is 2.90 bits per heavy atom. The first-order valence-electron chi connectivity index (χ1n) is 10.1. The fourth-order valence-corrected chi connectivity index (χ4v) is 3.78. The highest BCUT2D eigenvalue weighted by Crippen LogP contribution is 2.32. The zero-order valence-corrected chi connectivity index (χ0v) is 17.6. The monoisotopic (exact) mass is 444 g/mol. The third-order valence-electron chi connectivity index (χ3n) is 5.19. The number of carboxylic acids is 1. The van der Waals surface area contributed by atoms with Crippen molar-refractivity contribution in [2.75, 3.05) is 13.1 Å². The van der Waals surface area contributed by atoms with Crippen molar-refractivity contribution in [3.8, 4) is 17.2 Å². The normalized spacial score (nSPS) is 13.7. The van der Waals surface area contributed by atoms with Crippen LogP contribution in [0.5, 0.6) is 5.75 Å². The lowest BCUT2D eigenvalue weighted by molar-refractivity contribution is -0.137. The molecule has 4 rings (SSSR count). The van der Waals surface area contributed by atoms with Crippen molar-refractivity contribution in [1.29, 1.82) is 0 Å². The van der Waals surface area contributed by atoms with E-state index in [1.54, 1.807) is 30.3 Å². The Bertz CT molecular complexity index is 1090. The SMILES string of the molecule is O=C(O)CCCN1CCc2oc(-c3ccc(OCc4ccccc4F)c(Cl)c3)nc2C1. The molecule has 0 atom stereocenters. The Morgan fingerprint density at radius 2 is 2.13 bits per heavy atom. The number of carbonyl (C=O) groups is 1. The zero-order valence-electron chi connectivity index (χ0n) is 16.8. The van der Waals surface area contributed by atoms with E-state index in [1.807, 2.05) is 6.07 Å². The average molecular weight is 445 g/mol. The number of oxazole rings is 1. The molecule has 0 aliphatic carbocycles. The molecule has 8 heteroatoms. The number of hydrogen-bond acceptors (Lipinski definition) is 5. The molecule has 0 unspecified atom stereocenters. The van der Waals surface area contributed by atoms with Gasteiger partial charge >= 0.3 is 5.97 Å². The Balaban J connectivity index is 1.41. The Labute approximate surface area is 184 Å². The van der Waals surface area contributed by atoms with E-state index in [0.717, 1.165) is 30.0 Å². The third kappa shape index (κ3) is 5.24. The maximum atomic E-state index is 13.8. The van der Waals surface area contributed by atoms with Crippen molar-refractivity contribution in [3.05, 3.63) is 70.3 Å². The predicted octanol–water partition coefficient (Wildman–Crippen LogP) is 4.94. The van der Waals surface area contributed by atoms with Crippen molar-refractivity contribution < 1.29 is 23.4 Å². The molecule has 1 N–H and O–H groups in total. The van der Waals surface area contributed by atoms with Gasteiger partial charge in [0.05, 0.1) is 10.7 Å². The van der Waals surface area contributed by atoms with Crippen LogP contribution in [0.15, 0.2) is 46.9 Å². The van der Waals surface area contributed by atoms with Gasteiger partial charge in [-0.15, -0.1) is 0 Å². The van der Waals surface area contributed by atoms with Crippen LogP contribution in [0, 0.1) is 5.82 Å². The summed E-state index contributed by atoms with van der Waals surface area (Å²) < 4.78 is 25.4. The molecule has 162 valence electrons. The summed E-state index contributed by atoms with van der Waals surface area (Å²) in [7, 11) is 0. The highest BCUT2D eigenvalue weighted by atomic mass is 35.5. The maximum absolute atomic E-state index is 13.8. The smallest absolute Gasteiger partial charge is 0.303 e. The Kier molecular flexibility index (Phi) is 6.53. The van der Waals surface area contributed by atoms with Crippen LogP contribution in [0.2, 0.25) is 5.02 Å². The quantitative estimate of drug-likeness (QED) is 0.530. The topological polar surface area (TPSA) is 75.8 Å². The number of carboxylic acid groups (broad SMARTS) is 1. The van der Waals surface area contributed by atoms with E-state index in [-0.39, 0.29) is 18.8 Å². The standard InChI is InChI=1S/C23H22ClFN2O4/c24-17-12-15(7-8-20(17)30-14-16-4-1-2-5-18(16)25)23-26-19-13-27(10-3-6-22(28)29)11-9-21(19)31-23/h1-2,4-5,7-8,12H,3,6,9-11,13-14H2,(H,28,29). The molecule has 0 amide bonds. The van der Waals surface area contributed by atoms with Gasteiger partial charge in [-0.25, -0.2) is 9.37 Å². The number of benzene rings is 2. The molecule has 0 saturated heterocycles. The van der Waals surface area contributed by atoms with E-state index in [4.69, 9.17) is 25.9 Å². The van der Waals surface area contributed by atoms with Crippen LogP contribution in [-0.2, 0) is 24.4 Å². The fraction of sp³-hybridized carbons (Fsp3) is 0.304. The van der Waals surface area contributed by atoms with Gasteiger partial charge in [0.2, 0.25) is 5.89 Å². The Morgan fingerprint density at radius 1 is 1.29 bits per heavy atom. The van der Waals surface area contributed by atoms with Crippen LogP contribution < -0.4 is 4.74 Å². The zero-order chi connectivity index (χ0) is 21.8.